The number of benzene rings is 3. The third-order valence-electron chi connectivity index (χ3n) is 6.23. The van der Waals surface area contributed by atoms with Gasteiger partial charge in [0, 0.05) is 12.7 Å². The van der Waals surface area contributed by atoms with Crippen LogP contribution in [-0.4, -0.2) is 20.4 Å². The van der Waals surface area contributed by atoms with Crippen molar-refractivity contribution < 1.29 is 4.79 Å². The summed E-state index contributed by atoms with van der Waals surface area (Å²) in [7, 11) is 1.85. The number of amidine groups is 1. The van der Waals surface area contributed by atoms with Gasteiger partial charge in [0.2, 0.25) is 0 Å². The van der Waals surface area contributed by atoms with E-state index in [2.05, 4.69) is 0 Å². The Bertz CT molecular complexity index is 1560. The van der Waals surface area contributed by atoms with Crippen molar-refractivity contribution in [1.29, 1.82) is 0 Å². The molecular formula is C29H26N4O2S. The molecule has 0 saturated carbocycles. The minimum atomic E-state index is -0.205. The van der Waals surface area contributed by atoms with Crippen LogP contribution in [0, 0.1) is 20.8 Å². The van der Waals surface area contributed by atoms with Crippen LogP contribution in [0.25, 0.3) is 11.8 Å². The number of para-hydroxylation sites is 1. The van der Waals surface area contributed by atoms with Crippen molar-refractivity contribution >= 4 is 40.3 Å². The summed E-state index contributed by atoms with van der Waals surface area (Å²) in [6.07, 6.45) is 1.70. The van der Waals surface area contributed by atoms with Crippen molar-refractivity contribution in [2.75, 3.05) is 4.90 Å². The second kappa shape index (κ2) is 9.51. The summed E-state index contributed by atoms with van der Waals surface area (Å²) in [5.41, 5.74) is 5.59. The molecule has 1 aliphatic heterocycles. The Morgan fingerprint density at radius 2 is 1.39 bits per heavy atom. The fourth-order valence-electron chi connectivity index (χ4n) is 4.09. The molecule has 3 aromatic carbocycles. The monoisotopic (exact) mass is 494 g/mol. The van der Waals surface area contributed by atoms with Gasteiger partial charge in [0.25, 0.3) is 11.5 Å². The van der Waals surface area contributed by atoms with Crippen LogP contribution in [0.3, 0.4) is 0 Å². The zero-order chi connectivity index (χ0) is 25.4. The molecule has 0 N–H and O–H groups in total. The lowest BCUT2D eigenvalue weighted by atomic mass is 10.2. The fourth-order valence-corrected chi connectivity index (χ4v) is 5.07. The number of hydrogen-bond acceptors (Lipinski definition) is 4. The second-order valence-corrected chi connectivity index (χ2v) is 9.80. The van der Waals surface area contributed by atoms with Gasteiger partial charge in [-0.1, -0.05) is 53.6 Å². The lowest BCUT2D eigenvalue weighted by Crippen LogP contribution is -2.28. The average Bonchev–Trinajstić information content (AvgIpc) is 3.29. The van der Waals surface area contributed by atoms with Gasteiger partial charge >= 0.3 is 0 Å². The van der Waals surface area contributed by atoms with Crippen LogP contribution in [0.5, 0.6) is 0 Å². The van der Waals surface area contributed by atoms with Crippen LogP contribution in [0.2, 0.25) is 0 Å². The molecule has 1 aromatic heterocycles. The normalized spacial score (nSPS) is 15.9. The Labute approximate surface area is 214 Å². The van der Waals surface area contributed by atoms with E-state index in [1.807, 2.05) is 111 Å². The van der Waals surface area contributed by atoms with Crippen molar-refractivity contribution in [3.8, 4) is 5.69 Å². The Morgan fingerprint density at radius 3 is 2.03 bits per heavy atom. The maximum atomic E-state index is 13.7. The van der Waals surface area contributed by atoms with Crippen LogP contribution < -0.4 is 10.5 Å². The van der Waals surface area contributed by atoms with Crippen LogP contribution in [-0.2, 0) is 11.8 Å². The molecule has 1 aliphatic rings. The molecule has 0 radical (unpaired) electrons. The highest BCUT2D eigenvalue weighted by atomic mass is 32.2. The van der Waals surface area contributed by atoms with E-state index in [9.17, 15) is 9.59 Å². The maximum absolute atomic E-state index is 13.7. The maximum Gasteiger partial charge on any atom is 0.278 e. The van der Waals surface area contributed by atoms with E-state index in [1.54, 1.807) is 15.7 Å². The molecule has 0 bridgehead atoms. The standard InChI is InChI=1S/C29H26N4O2S/c1-19-10-14-22(15-11-19)30-29-32(23-16-12-20(2)13-17-23)28(35)26(36-29)18-25-21(3)31(4)33(27(25)34)24-8-6-5-7-9-24/h5-18H,1-4H3/b26-18-,30-29?. The molecule has 5 rings (SSSR count). The summed E-state index contributed by atoms with van der Waals surface area (Å²) in [4.78, 5) is 34.0. The molecule has 0 atom stereocenters. The first-order valence-electron chi connectivity index (χ1n) is 11.6. The summed E-state index contributed by atoms with van der Waals surface area (Å²) in [6, 6.07) is 25.1. The highest BCUT2D eigenvalue weighted by molar-refractivity contribution is 8.19. The van der Waals surface area contributed by atoms with Gasteiger partial charge in [-0.3, -0.25) is 19.2 Å². The van der Waals surface area contributed by atoms with E-state index in [4.69, 9.17) is 4.99 Å². The van der Waals surface area contributed by atoms with Crippen molar-refractivity contribution in [2.45, 2.75) is 20.8 Å². The molecule has 0 spiro atoms. The van der Waals surface area contributed by atoms with Crippen molar-refractivity contribution in [2.24, 2.45) is 12.0 Å². The molecular weight excluding hydrogens is 468 g/mol. The first-order valence-corrected chi connectivity index (χ1v) is 12.4. The third-order valence-corrected chi connectivity index (χ3v) is 7.20. The molecule has 180 valence electrons. The fraction of sp³-hybridized carbons (Fsp3) is 0.138. The first kappa shape index (κ1) is 23.6. The Morgan fingerprint density at radius 1 is 0.778 bits per heavy atom. The number of aryl methyl sites for hydroxylation is 2. The lowest BCUT2D eigenvalue weighted by Gasteiger charge is -2.16. The van der Waals surface area contributed by atoms with Gasteiger partial charge in [-0.15, -0.1) is 0 Å². The molecule has 2 heterocycles. The van der Waals surface area contributed by atoms with E-state index in [1.165, 1.54) is 11.8 Å². The molecule has 0 aliphatic carbocycles. The summed E-state index contributed by atoms with van der Waals surface area (Å²) < 4.78 is 3.43. The van der Waals surface area contributed by atoms with E-state index < -0.39 is 0 Å². The van der Waals surface area contributed by atoms with Crippen LogP contribution >= 0.6 is 11.8 Å². The predicted molar refractivity (Wildman–Crippen MR) is 148 cm³/mol. The van der Waals surface area contributed by atoms with Crippen molar-refractivity contribution in [3.63, 3.8) is 0 Å². The first-order chi connectivity index (χ1) is 17.3. The Balaban J connectivity index is 1.61. The Kier molecular flexibility index (Phi) is 6.24. The van der Waals surface area contributed by atoms with Gasteiger partial charge < -0.3 is 0 Å². The zero-order valence-electron chi connectivity index (χ0n) is 20.6. The number of carbonyl (C=O) groups is 1. The lowest BCUT2D eigenvalue weighted by molar-refractivity contribution is -0.113. The van der Waals surface area contributed by atoms with Gasteiger partial charge in [0.15, 0.2) is 5.17 Å². The molecule has 36 heavy (non-hydrogen) atoms. The molecule has 4 aromatic rings. The molecule has 7 heteroatoms. The second-order valence-electron chi connectivity index (χ2n) is 8.79. The number of carbonyl (C=O) groups excluding carboxylic acids is 1. The molecule has 1 amide bonds. The minimum Gasteiger partial charge on any atom is -0.285 e. The van der Waals surface area contributed by atoms with Gasteiger partial charge in [-0.25, -0.2) is 9.67 Å². The molecule has 1 saturated heterocycles. The number of thioether (sulfide) groups is 1. The Hall–Kier alpha value is -4.10. The summed E-state index contributed by atoms with van der Waals surface area (Å²) >= 11 is 1.28. The van der Waals surface area contributed by atoms with Crippen LogP contribution in [0.1, 0.15) is 22.4 Å². The summed E-state index contributed by atoms with van der Waals surface area (Å²) in [5.74, 6) is -0.205. The third kappa shape index (κ3) is 4.33. The largest absolute Gasteiger partial charge is 0.285 e. The van der Waals surface area contributed by atoms with E-state index in [0.717, 1.165) is 33.9 Å². The minimum absolute atomic E-state index is 0.173. The number of aromatic nitrogens is 2. The van der Waals surface area contributed by atoms with Gasteiger partial charge in [-0.2, -0.15) is 0 Å². The van der Waals surface area contributed by atoms with E-state index in [-0.39, 0.29) is 11.5 Å². The zero-order valence-corrected chi connectivity index (χ0v) is 21.4. The van der Waals surface area contributed by atoms with E-state index >= 15 is 0 Å². The molecule has 1 fully saturated rings. The van der Waals surface area contributed by atoms with Gasteiger partial charge in [0.1, 0.15) is 0 Å². The van der Waals surface area contributed by atoms with Gasteiger partial charge in [-0.05, 0) is 75.0 Å². The average molecular weight is 495 g/mol. The van der Waals surface area contributed by atoms with E-state index in [0.29, 0.717) is 15.6 Å². The van der Waals surface area contributed by atoms with Gasteiger partial charge in [0.05, 0.1) is 27.5 Å². The van der Waals surface area contributed by atoms with Crippen LogP contribution in [0.15, 0.2) is 93.6 Å². The smallest absolute Gasteiger partial charge is 0.278 e. The highest BCUT2D eigenvalue weighted by Crippen LogP contribution is 2.37. The van der Waals surface area contributed by atoms with Crippen LogP contribution in [0.4, 0.5) is 11.4 Å². The number of anilines is 1. The summed E-state index contributed by atoms with van der Waals surface area (Å²) in [5, 5.41) is 0.552. The topological polar surface area (TPSA) is 59.6 Å². The quantitative estimate of drug-likeness (QED) is 0.332. The van der Waals surface area contributed by atoms with Crippen molar-refractivity contribution in [3.05, 3.63) is 117 Å². The summed E-state index contributed by atoms with van der Waals surface area (Å²) in [6.45, 7) is 5.91. The van der Waals surface area contributed by atoms with Crippen molar-refractivity contribution in [1.82, 2.24) is 9.36 Å². The highest BCUT2D eigenvalue weighted by Gasteiger charge is 2.35. The molecule has 6 nitrogen and oxygen atoms in total. The SMILES string of the molecule is Cc1ccc(N=C2S/C(=C\c3c(C)n(C)n(-c4ccccc4)c3=O)C(=O)N2c2ccc(C)cc2)cc1. The molecule has 0 unspecified atom stereocenters. The predicted octanol–water partition coefficient (Wildman–Crippen LogP) is 5.91. The number of hydrogen-bond donors (Lipinski definition) is 0. The number of amides is 1. The number of rotatable bonds is 4. The number of nitrogens with zero attached hydrogens (tertiary/aromatic N) is 4. The number of aliphatic imine (C=N–C) groups is 1.